The summed E-state index contributed by atoms with van der Waals surface area (Å²) in [7, 11) is 0. The first-order valence-corrected chi connectivity index (χ1v) is 8.54. The Kier molecular flexibility index (Phi) is 3.03. The average Bonchev–Trinajstić information content (AvgIpc) is 3.51. The number of nitrogens with zero attached hydrogens (tertiary/aromatic N) is 3. The van der Waals surface area contributed by atoms with Crippen molar-refractivity contribution < 1.29 is 9.90 Å². The third-order valence-electron chi connectivity index (χ3n) is 4.61. The van der Waals surface area contributed by atoms with Crippen LogP contribution in [0.25, 0.3) is 21.8 Å². The number of rotatable bonds is 5. The van der Waals surface area contributed by atoms with Crippen LogP contribution in [0.5, 0.6) is 0 Å². The van der Waals surface area contributed by atoms with E-state index in [9.17, 15) is 9.90 Å². The SMILES string of the molecule is O=C(O)c1ccc2c(c1)nc(NC1CC1)c1nc(NC3CC3)ncc12. The van der Waals surface area contributed by atoms with Crippen molar-refractivity contribution >= 4 is 39.5 Å². The number of hydrogen-bond donors (Lipinski definition) is 3. The van der Waals surface area contributed by atoms with E-state index in [2.05, 4.69) is 25.6 Å². The van der Waals surface area contributed by atoms with Crippen LogP contribution < -0.4 is 10.6 Å². The Bertz CT molecular complexity index is 1010. The molecule has 0 radical (unpaired) electrons. The van der Waals surface area contributed by atoms with Gasteiger partial charge in [0.1, 0.15) is 5.52 Å². The molecule has 0 atom stereocenters. The summed E-state index contributed by atoms with van der Waals surface area (Å²) >= 11 is 0. The monoisotopic (exact) mass is 335 g/mol. The van der Waals surface area contributed by atoms with Crippen molar-refractivity contribution in [3.05, 3.63) is 30.0 Å². The largest absolute Gasteiger partial charge is 0.478 e. The molecule has 2 aromatic heterocycles. The Labute approximate surface area is 143 Å². The first kappa shape index (κ1) is 14.4. The first-order chi connectivity index (χ1) is 12.2. The summed E-state index contributed by atoms with van der Waals surface area (Å²) in [6.07, 6.45) is 6.35. The lowest BCUT2D eigenvalue weighted by atomic mass is 10.1. The topological polar surface area (TPSA) is 100 Å². The van der Waals surface area contributed by atoms with E-state index in [-0.39, 0.29) is 5.56 Å². The van der Waals surface area contributed by atoms with Gasteiger partial charge in [-0.15, -0.1) is 0 Å². The minimum Gasteiger partial charge on any atom is -0.478 e. The predicted molar refractivity (Wildman–Crippen MR) is 95.1 cm³/mol. The van der Waals surface area contributed by atoms with Crippen molar-refractivity contribution in [2.24, 2.45) is 0 Å². The normalized spacial score (nSPS) is 17.0. The maximum absolute atomic E-state index is 11.3. The third-order valence-corrected chi connectivity index (χ3v) is 4.61. The van der Waals surface area contributed by atoms with Gasteiger partial charge >= 0.3 is 5.97 Å². The van der Waals surface area contributed by atoms with Gasteiger partial charge in [-0.2, -0.15) is 0 Å². The Hall–Kier alpha value is -2.96. The number of nitrogens with one attached hydrogen (secondary N) is 2. The lowest BCUT2D eigenvalue weighted by molar-refractivity contribution is 0.0697. The van der Waals surface area contributed by atoms with E-state index in [1.54, 1.807) is 24.4 Å². The molecule has 2 aliphatic carbocycles. The van der Waals surface area contributed by atoms with Gasteiger partial charge in [0.15, 0.2) is 5.82 Å². The molecule has 0 amide bonds. The molecule has 2 heterocycles. The van der Waals surface area contributed by atoms with E-state index in [1.165, 1.54) is 0 Å². The average molecular weight is 335 g/mol. The lowest BCUT2D eigenvalue weighted by Gasteiger charge is -2.12. The molecule has 2 saturated carbocycles. The molecule has 2 fully saturated rings. The van der Waals surface area contributed by atoms with Gasteiger partial charge in [-0.05, 0) is 37.8 Å². The smallest absolute Gasteiger partial charge is 0.335 e. The molecule has 5 rings (SSSR count). The summed E-state index contributed by atoms with van der Waals surface area (Å²) in [5, 5.41) is 17.7. The van der Waals surface area contributed by atoms with Gasteiger partial charge in [0.2, 0.25) is 5.95 Å². The van der Waals surface area contributed by atoms with Crippen molar-refractivity contribution in [3.8, 4) is 0 Å². The molecule has 3 aromatic rings. The van der Waals surface area contributed by atoms with Crippen LogP contribution in [-0.4, -0.2) is 38.1 Å². The van der Waals surface area contributed by atoms with E-state index >= 15 is 0 Å². The molecule has 0 saturated heterocycles. The van der Waals surface area contributed by atoms with Gasteiger partial charge < -0.3 is 15.7 Å². The molecule has 126 valence electrons. The van der Waals surface area contributed by atoms with E-state index < -0.39 is 5.97 Å². The van der Waals surface area contributed by atoms with E-state index in [4.69, 9.17) is 0 Å². The van der Waals surface area contributed by atoms with Crippen molar-refractivity contribution in [1.29, 1.82) is 0 Å². The lowest BCUT2D eigenvalue weighted by Crippen LogP contribution is -2.08. The highest BCUT2D eigenvalue weighted by Gasteiger charge is 2.25. The summed E-state index contributed by atoms with van der Waals surface area (Å²) in [5.74, 6) is 0.367. The van der Waals surface area contributed by atoms with Crippen molar-refractivity contribution in [3.63, 3.8) is 0 Å². The third kappa shape index (κ3) is 2.71. The molecule has 25 heavy (non-hydrogen) atoms. The van der Waals surface area contributed by atoms with E-state index in [0.717, 1.165) is 42.0 Å². The second-order valence-electron chi connectivity index (χ2n) is 6.79. The molecule has 3 N–H and O–H groups in total. The first-order valence-electron chi connectivity index (χ1n) is 8.54. The fraction of sp³-hybridized carbons (Fsp3) is 0.333. The molecule has 0 bridgehead atoms. The fourth-order valence-electron chi connectivity index (χ4n) is 2.92. The summed E-state index contributed by atoms with van der Waals surface area (Å²) in [5.41, 5.74) is 1.65. The van der Waals surface area contributed by atoms with Crippen molar-refractivity contribution in [2.75, 3.05) is 10.6 Å². The maximum Gasteiger partial charge on any atom is 0.335 e. The summed E-state index contributed by atoms with van der Waals surface area (Å²) in [4.78, 5) is 25.0. The van der Waals surface area contributed by atoms with Crippen LogP contribution in [0.4, 0.5) is 11.8 Å². The number of pyridine rings is 1. The molecule has 7 nitrogen and oxygen atoms in total. The van der Waals surface area contributed by atoms with Crippen molar-refractivity contribution in [1.82, 2.24) is 15.0 Å². The van der Waals surface area contributed by atoms with Gasteiger partial charge in [0, 0.05) is 29.1 Å². The summed E-state index contributed by atoms with van der Waals surface area (Å²) < 4.78 is 0. The zero-order valence-corrected chi connectivity index (χ0v) is 13.5. The highest BCUT2D eigenvalue weighted by Crippen LogP contribution is 2.33. The van der Waals surface area contributed by atoms with E-state index in [1.807, 2.05) is 0 Å². The van der Waals surface area contributed by atoms with Crippen LogP contribution in [0.2, 0.25) is 0 Å². The number of benzene rings is 1. The highest BCUT2D eigenvalue weighted by atomic mass is 16.4. The number of hydrogen-bond acceptors (Lipinski definition) is 6. The van der Waals surface area contributed by atoms with Crippen LogP contribution in [-0.2, 0) is 0 Å². The number of aromatic nitrogens is 3. The Balaban J connectivity index is 1.71. The minimum absolute atomic E-state index is 0.227. The van der Waals surface area contributed by atoms with Crippen LogP contribution in [0.15, 0.2) is 24.4 Å². The fourth-order valence-corrected chi connectivity index (χ4v) is 2.92. The van der Waals surface area contributed by atoms with Gasteiger partial charge in [0.25, 0.3) is 0 Å². The Morgan fingerprint density at radius 3 is 2.52 bits per heavy atom. The maximum atomic E-state index is 11.3. The molecule has 0 unspecified atom stereocenters. The Morgan fingerprint density at radius 1 is 1.04 bits per heavy atom. The number of anilines is 2. The highest BCUT2D eigenvalue weighted by molar-refractivity contribution is 6.09. The van der Waals surface area contributed by atoms with E-state index in [0.29, 0.717) is 29.4 Å². The van der Waals surface area contributed by atoms with Crippen LogP contribution in [0, 0.1) is 0 Å². The molecular weight excluding hydrogens is 318 g/mol. The number of aromatic carboxylic acids is 1. The van der Waals surface area contributed by atoms with Crippen LogP contribution in [0.3, 0.4) is 0 Å². The second kappa shape index (κ2) is 5.27. The van der Waals surface area contributed by atoms with Gasteiger partial charge in [-0.1, -0.05) is 6.07 Å². The zero-order valence-electron chi connectivity index (χ0n) is 13.5. The standard InChI is InChI=1S/C18H17N5O2/c24-17(25)9-1-6-12-13-8-19-18(21-11-4-5-11)23-15(13)16(20-10-2-3-10)22-14(12)7-9/h1,6-8,10-11H,2-5H2,(H,20,22)(H,24,25)(H,19,21,23). The van der Waals surface area contributed by atoms with Crippen molar-refractivity contribution in [2.45, 2.75) is 37.8 Å². The number of carboxylic acid groups (broad SMARTS) is 1. The number of carbonyl (C=O) groups is 1. The van der Waals surface area contributed by atoms with Crippen LogP contribution in [0.1, 0.15) is 36.0 Å². The molecule has 2 aliphatic rings. The van der Waals surface area contributed by atoms with Gasteiger partial charge in [-0.3, -0.25) is 0 Å². The van der Waals surface area contributed by atoms with Gasteiger partial charge in [-0.25, -0.2) is 19.7 Å². The second-order valence-corrected chi connectivity index (χ2v) is 6.79. The predicted octanol–water partition coefficient (Wildman–Crippen LogP) is 3.02. The molecule has 1 aromatic carbocycles. The minimum atomic E-state index is -0.958. The molecule has 0 spiro atoms. The molecular formula is C18H17N5O2. The quantitative estimate of drug-likeness (QED) is 0.616. The molecule has 0 aliphatic heterocycles. The molecule has 7 heteroatoms. The summed E-state index contributed by atoms with van der Waals surface area (Å²) in [6.45, 7) is 0. The zero-order chi connectivity index (χ0) is 17.0. The summed E-state index contributed by atoms with van der Waals surface area (Å²) in [6, 6.07) is 5.88. The Morgan fingerprint density at radius 2 is 1.80 bits per heavy atom. The number of carboxylic acids is 1. The number of fused-ring (bicyclic) bond motifs is 3. The van der Waals surface area contributed by atoms with Crippen LogP contribution >= 0.6 is 0 Å². The van der Waals surface area contributed by atoms with Gasteiger partial charge in [0.05, 0.1) is 11.1 Å².